The highest BCUT2D eigenvalue weighted by Crippen LogP contribution is 2.44. The lowest BCUT2D eigenvalue weighted by atomic mass is 9.87. The number of carbonyl (C=O) groups is 1. The Kier molecular flexibility index (Phi) is 3.87. The topological polar surface area (TPSA) is 32.3 Å². The van der Waals surface area contributed by atoms with E-state index < -0.39 is 0 Å². The summed E-state index contributed by atoms with van der Waals surface area (Å²) in [7, 11) is 1.86. The van der Waals surface area contributed by atoms with Crippen LogP contribution in [0.15, 0.2) is 12.2 Å². The molecule has 0 spiro atoms. The Hall–Kier alpha value is -0.830. The van der Waals surface area contributed by atoms with Crippen LogP contribution in [0.25, 0.3) is 0 Å². The average molecular weight is 236 g/mol. The number of amides is 1. The van der Waals surface area contributed by atoms with Gasteiger partial charge in [0.2, 0.25) is 5.91 Å². The SMILES string of the molecule is CCN(C)C(=O)CNC(C)C1CC2C=CC1C2. The molecule has 1 fully saturated rings. The van der Waals surface area contributed by atoms with Crippen molar-refractivity contribution in [3.8, 4) is 0 Å². The molecule has 0 radical (unpaired) electrons. The van der Waals surface area contributed by atoms with Gasteiger partial charge in [-0.05, 0) is 44.4 Å². The standard InChI is InChI=1S/C14H24N2O/c1-4-16(3)14(17)9-15-10(2)13-8-11-5-6-12(13)7-11/h5-6,10-13,15H,4,7-9H2,1-3H3. The summed E-state index contributed by atoms with van der Waals surface area (Å²) in [6.45, 7) is 5.48. The van der Waals surface area contributed by atoms with Gasteiger partial charge in [0, 0.05) is 19.6 Å². The van der Waals surface area contributed by atoms with Gasteiger partial charge in [0.05, 0.1) is 6.54 Å². The number of likely N-dealkylation sites (N-methyl/N-ethyl adjacent to an activating group) is 1. The van der Waals surface area contributed by atoms with E-state index in [0.717, 1.165) is 24.3 Å². The molecule has 2 rings (SSSR count). The zero-order valence-corrected chi connectivity index (χ0v) is 11.1. The van der Waals surface area contributed by atoms with Gasteiger partial charge < -0.3 is 10.2 Å². The maximum atomic E-state index is 11.7. The third-order valence-corrected chi connectivity index (χ3v) is 4.45. The van der Waals surface area contributed by atoms with Crippen molar-refractivity contribution < 1.29 is 4.79 Å². The minimum Gasteiger partial charge on any atom is -0.345 e. The van der Waals surface area contributed by atoms with E-state index in [-0.39, 0.29) is 5.91 Å². The third kappa shape index (κ3) is 2.71. The number of rotatable bonds is 5. The molecule has 0 saturated heterocycles. The maximum absolute atomic E-state index is 11.7. The third-order valence-electron chi connectivity index (χ3n) is 4.45. The molecule has 2 aliphatic rings. The molecule has 1 N–H and O–H groups in total. The van der Waals surface area contributed by atoms with E-state index in [4.69, 9.17) is 0 Å². The Morgan fingerprint density at radius 3 is 2.76 bits per heavy atom. The molecule has 3 heteroatoms. The van der Waals surface area contributed by atoms with E-state index >= 15 is 0 Å². The molecular formula is C14H24N2O. The molecule has 2 aliphatic carbocycles. The summed E-state index contributed by atoms with van der Waals surface area (Å²) in [5.41, 5.74) is 0. The lowest BCUT2D eigenvalue weighted by Gasteiger charge is -2.27. The first-order valence-electron chi connectivity index (χ1n) is 6.77. The summed E-state index contributed by atoms with van der Waals surface area (Å²) in [6, 6.07) is 0.448. The number of nitrogens with zero attached hydrogens (tertiary/aromatic N) is 1. The fourth-order valence-electron chi connectivity index (χ4n) is 3.11. The van der Waals surface area contributed by atoms with Gasteiger partial charge in [-0.2, -0.15) is 0 Å². The Morgan fingerprint density at radius 2 is 2.24 bits per heavy atom. The Labute approximate surface area is 104 Å². The molecule has 0 aromatic carbocycles. The summed E-state index contributed by atoms with van der Waals surface area (Å²) >= 11 is 0. The van der Waals surface area contributed by atoms with Gasteiger partial charge in [-0.25, -0.2) is 0 Å². The summed E-state index contributed by atoms with van der Waals surface area (Å²) in [6.07, 6.45) is 7.37. The van der Waals surface area contributed by atoms with Gasteiger partial charge in [-0.15, -0.1) is 0 Å². The number of carbonyl (C=O) groups excluding carboxylic acids is 1. The minimum atomic E-state index is 0.193. The van der Waals surface area contributed by atoms with Crippen molar-refractivity contribution in [3.63, 3.8) is 0 Å². The van der Waals surface area contributed by atoms with Gasteiger partial charge in [-0.1, -0.05) is 12.2 Å². The van der Waals surface area contributed by atoms with Crippen LogP contribution in [-0.4, -0.2) is 37.0 Å². The van der Waals surface area contributed by atoms with Gasteiger partial charge >= 0.3 is 0 Å². The van der Waals surface area contributed by atoms with Crippen molar-refractivity contribution in [3.05, 3.63) is 12.2 Å². The maximum Gasteiger partial charge on any atom is 0.236 e. The lowest BCUT2D eigenvalue weighted by molar-refractivity contribution is -0.128. The number of nitrogens with one attached hydrogen (secondary N) is 1. The number of hydrogen-bond acceptors (Lipinski definition) is 2. The molecule has 1 saturated carbocycles. The second-order valence-electron chi connectivity index (χ2n) is 5.52. The van der Waals surface area contributed by atoms with Crippen LogP contribution in [0.3, 0.4) is 0 Å². The summed E-state index contributed by atoms with van der Waals surface area (Å²) in [5.74, 6) is 2.48. The van der Waals surface area contributed by atoms with Crippen molar-refractivity contribution in [1.82, 2.24) is 10.2 Å². The fourth-order valence-corrected chi connectivity index (χ4v) is 3.11. The van der Waals surface area contributed by atoms with E-state index in [0.29, 0.717) is 12.6 Å². The fraction of sp³-hybridized carbons (Fsp3) is 0.786. The number of allylic oxidation sites excluding steroid dienone is 2. The number of fused-ring (bicyclic) bond motifs is 2. The van der Waals surface area contributed by atoms with Crippen molar-refractivity contribution in [2.45, 2.75) is 32.7 Å². The zero-order valence-electron chi connectivity index (χ0n) is 11.1. The van der Waals surface area contributed by atoms with Crippen molar-refractivity contribution in [2.24, 2.45) is 17.8 Å². The first-order chi connectivity index (χ1) is 8.11. The molecule has 4 unspecified atom stereocenters. The van der Waals surface area contributed by atoms with Crippen LogP contribution >= 0.6 is 0 Å². The average Bonchev–Trinajstić information content (AvgIpc) is 2.96. The Bertz CT molecular complexity index is 313. The number of hydrogen-bond donors (Lipinski definition) is 1. The predicted molar refractivity (Wildman–Crippen MR) is 69.6 cm³/mol. The molecule has 96 valence electrons. The molecule has 2 bridgehead atoms. The van der Waals surface area contributed by atoms with E-state index in [1.807, 2.05) is 14.0 Å². The van der Waals surface area contributed by atoms with Crippen molar-refractivity contribution in [1.29, 1.82) is 0 Å². The molecule has 4 atom stereocenters. The van der Waals surface area contributed by atoms with Crippen LogP contribution in [0.4, 0.5) is 0 Å². The largest absolute Gasteiger partial charge is 0.345 e. The quantitative estimate of drug-likeness (QED) is 0.736. The predicted octanol–water partition coefficient (Wildman–Crippen LogP) is 1.65. The van der Waals surface area contributed by atoms with E-state index in [2.05, 4.69) is 24.4 Å². The molecule has 17 heavy (non-hydrogen) atoms. The molecular weight excluding hydrogens is 212 g/mol. The Balaban J connectivity index is 1.76. The van der Waals surface area contributed by atoms with Gasteiger partial charge in [-0.3, -0.25) is 4.79 Å². The van der Waals surface area contributed by atoms with Gasteiger partial charge in [0.1, 0.15) is 0 Å². The molecule has 0 aromatic rings. The molecule has 0 aliphatic heterocycles. The second kappa shape index (κ2) is 5.21. The molecule has 0 aromatic heterocycles. The van der Waals surface area contributed by atoms with Crippen molar-refractivity contribution >= 4 is 5.91 Å². The van der Waals surface area contributed by atoms with E-state index in [9.17, 15) is 4.79 Å². The van der Waals surface area contributed by atoms with Gasteiger partial charge in [0.25, 0.3) is 0 Å². The first-order valence-corrected chi connectivity index (χ1v) is 6.77. The van der Waals surface area contributed by atoms with Crippen LogP contribution in [-0.2, 0) is 4.79 Å². The normalized spacial score (nSPS) is 31.8. The van der Waals surface area contributed by atoms with Crippen LogP contribution in [0.1, 0.15) is 26.7 Å². The second-order valence-corrected chi connectivity index (χ2v) is 5.52. The van der Waals surface area contributed by atoms with E-state index in [1.54, 1.807) is 4.90 Å². The highest BCUT2D eigenvalue weighted by molar-refractivity contribution is 5.77. The summed E-state index contributed by atoms with van der Waals surface area (Å²) < 4.78 is 0. The van der Waals surface area contributed by atoms with Gasteiger partial charge in [0.15, 0.2) is 0 Å². The molecule has 0 heterocycles. The summed E-state index contributed by atoms with van der Waals surface area (Å²) in [4.78, 5) is 13.5. The van der Waals surface area contributed by atoms with Crippen LogP contribution in [0, 0.1) is 17.8 Å². The monoisotopic (exact) mass is 236 g/mol. The van der Waals surface area contributed by atoms with Crippen molar-refractivity contribution in [2.75, 3.05) is 20.1 Å². The highest BCUT2D eigenvalue weighted by atomic mass is 16.2. The Morgan fingerprint density at radius 1 is 1.47 bits per heavy atom. The summed E-state index contributed by atoms with van der Waals surface area (Å²) in [5, 5.41) is 3.40. The van der Waals surface area contributed by atoms with Crippen LogP contribution in [0.2, 0.25) is 0 Å². The smallest absolute Gasteiger partial charge is 0.236 e. The first kappa shape index (κ1) is 12.6. The molecule has 1 amide bonds. The minimum absolute atomic E-state index is 0.193. The van der Waals surface area contributed by atoms with E-state index in [1.165, 1.54) is 12.8 Å². The van der Waals surface area contributed by atoms with Crippen LogP contribution < -0.4 is 5.32 Å². The highest BCUT2D eigenvalue weighted by Gasteiger charge is 2.38. The van der Waals surface area contributed by atoms with Crippen LogP contribution in [0.5, 0.6) is 0 Å². The zero-order chi connectivity index (χ0) is 12.4. The lowest BCUT2D eigenvalue weighted by Crippen LogP contribution is -2.42. The molecule has 3 nitrogen and oxygen atoms in total.